The van der Waals surface area contributed by atoms with E-state index in [-0.39, 0.29) is 5.69 Å². The van der Waals surface area contributed by atoms with Crippen molar-refractivity contribution < 1.29 is 8.78 Å². The van der Waals surface area contributed by atoms with E-state index in [0.717, 1.165) is 36.2 Å². The minimum absolute atomic E-state index is 0.294. The fraction of sp³-hybridized carbons (Fsp3) is 0.700. The summed E-state index contributed by atoms with van der Waals surface area (Å²) in [5.41, 5.74) is 5.81. The van der Waals surface area contributed by atoms with Crippen LogP contribution >= 0.6 is 0 Å². The van der Waals surface area contributed by atoms with Crippen molar-refractivity contribution >= 4 is 5.69 Å². The van der Waals surface area contributed by atoms with Crippen molar-refractivity contribution in [2.45, 2.75) is 70.6 Å². The summed E-state index contributed by atoms with van der Waals surface area (Å²) in [5.74, 6) is 1.73. The zero-order chi connectivity index (χ0) is 16.4. The standard InChI is InChI=1S/C20H29F2N/c1-2-13-3-5-14(6-4-13)15-7-9-16(10-8-15)17-11-18(21)20(23)19(22)12-17/h11-16H,2-10,23H2,1H3. The van der Waals surface area contributed by atoms with Crippen LogP contribution in [0.2, 0.25) is 0 Å². The number of rotatable bonds is 3. The molecule has 0 heterocycles. The highest BCUT2D eigenvalue weighted by molar-refractivity contribution is 5.44. The van der Waals surface area contributed by atoms with Crippen LogP contribution in [0.1, 0.15) is 76.2 Å². The Bertz CT molecular complexity index is 503. The van der Waals surface area contributed by atoms with Gasteiger partial charge in [-0.05, 0) is 79.9 Å². The summed E-state index contributed by atoms with van der Waals surface area (Å²) in [6.45, 7) is 2.31. The lowest BCUT2D eigenvalue weighted by Crippen LogP contribution is -2.25. The van der Waals surface area contributed by atoms with E-state index in [1.807, 2.05) is 0 Å². The van der Waals surface area contributed by atoms with Crippen molar-refractivity contribution in [1.82, 2.24) is 0 Å². The van der Waals surface area contributed by atoms with Gasteiger partial charge in [-0.2, -0.15) is 0 Å². The maximum atomic E-state index is 13.7. The van der Waals surface area contributed by atoms with Gasteiger partial charge in [0, 0.05) is 0 Å². The molecule has 0 saturated heterocycles. The van der Waals surface area contributed by atoms with Gasteiger partial charge in [0.15, 0.2) is 0 Å². The van der Waals surface area contributed by atoms with Gasteiger partial charge in [-0.3, -0.25) is 0 Å². The second kappa shape index (κ2) is 7.19. The molecule has 1 aromatic rings. The van der Waals surface area contributed by atoms with Crippen molar-refractivity contribution in [2.75, 3.05) is 5.73 Å². The third-order valence-corrected chi connectivity index (χ3v) is 6.48. The van der Waals surface area contributed by atoms with Gasteiger partial charge in [0.2, 0.25) is 0 Å². The molecule has 23 heavy (non-hydrogen) atoms. The summed E-state index contributed by atoms with van der Waals surface area (Å²) in [6.07, 6.45) is 11.4. The molecule has 0 aliphatic heterocycles. The molecule has 2 aliphatic carbocycles. The highest BCUT2D eigenvalue weighted by atomic mass is 19.1. The molecule has 2 saturated carbocycles. The van der Waals surface area contributed by atoms with Crippen LogP contribution in [0.5, 0.6) is 0 Å². The molecule has 2 fully saturated rings. The second-order valence-corrected chi connectivity index (χ2v) is 7.70. The summed E-state index contributed by atoms with van der Waals surface area (Å²) in [5, 5.41) is 0. The number of nitrogens with two attached hydrogens (primary N) is 1. The molecule has 0 bridgehead atoms. The first-order chi connectivity index (χ1) is 11.1. The molecule has 0 radical (unpaired) electrons. The zero-order valence-corrected chi connectivity index (χ0v) is 14.2. The van der Waals surface area contributed by atoms with Gasteiger partial charge in [0.1, 0.15) is 17.3 Å². The number of hydrogen-bond donors (Lipinski definition) is 1. The number of hydrogen-bond acceptors (Lipinski definition) is 1. The fourth-order valence-electron chi connectivity index (χ4n) is 4.83. The molecular weight excluding hydrogens is 292 g/mol. The first-order valence-corrected chi connectivity index (χ1v) is 9.32. The van der Waals surface area contributed by atoms with Crippen LogP contribution < -0.4 is 5.73 Å². The molecule has 0 unspecified atom stereocenters. The van der Waals surface area contributed by atoms with Crippen LogP contribution in [0.25, 0.3) is 0 Å². The molecule has 2 N–H and O–H groups in total. The van der Waals surface area contributed by atoms with Crippen LogP contribution in [0.15, 0.2) is 12.1 Å². The Labute approximate surface area is 138 Å². The molecule has 1 aromatic carbocycles. The maximum Gasteiger partial charge on any atom is 0.149 e. The summed E-state index contributed by atoms with van der Waals surface area (Å²) in [6, 6.07) is 2.88. The Morgan fingerprint density at radius 3 is 1.83 bits per heavy atom. The summed E-state index contributed by atoms with van der Waals surface area (Å²) < 4.78 is 27.3. The third kappa shape index (κ3) is 3.70. The zero-order valence-electron chi connectivity index (χ0n) is 14.2. The minimum Gasteiger partial charge on any atom is -0.394 e. The van der Waals surface area contributed by atoms with E-state index >= 15 is 0 Å². The molecule has 1 nitrogen and oxygen atoms in total. The van der Waals surface area contributed by atoms with Crippen LogP contribution in [-0.4, -0.2) is 0 Å². The lowest BCUT2D eigenvalue weighted by Gasteiger charge is -2.38. The van der Waals surface area contributed by atoms with Crippen LogP contribution in [0.3, 0.4) is 0 Å². The van der Waals surface area contributed by atoms with Crippen molar-refractivity contribution in [2.24, 2.45) is 17.8 Å². The van der Waals surface area contributed by atoms with E-state index in [9.17, 15) is 8.78 Å². The Balaban J connectivity index is 1.56. The average molecular weight is 321 g/mol. The topological polar surface area (TPSA) is 26.0 Å². The van der Waals surface area contributed by atoms with E-state index in [0.29, 0.717) is 5.92 Å². The van der Waals surface area contributed by atoms with Gasteiger partial charge in [-0.1, -0.05) is 26.2 Å². The fourth-order valence-corrected chi connectivity index (χ4v) is 4.83. The van der Waals surface area contributed by atoms with E-state index < -0.39 is 11.6 Å². The highest BCUT2D eigenvalue weighted by Crippen LogP contribution is 2.44. The molecule has 3 heteroatoms. The van der Waals surface area contributed by atoms with E-state index in [2.05, 4.69) is 6.92 Å². The first kappa shape index (κ1) is 16.7. The summed E-state index contributed by atoms with van der Waals surface area (Å²) in [7, 11) is 0. The van der Waals surface area contributed by atoms with Crippen LogP contribution in [-0.2, 0) is 0 Å². The lowest BCUT2D eigenvalue weighted by molar-refractivity contribution is 0.158. The Hall–Kier alpha value is -1.12. The number of halogens is 2. The quantitative estimate of drug-likeness (QED) is 0.675. The predicted octanol–water partition coefficient (Wildman–Crippen LogP) is 6.04. The van der Waals surface area contributed by atoms with Gasteiger partial charge in [0.05, 0.1) is 0 Å². The van der Waals surface area contributed by atoms with Crippen molar-refractivity contribution in [3.05, 3.63) is 29.3 Å². The highest BCUT2D eigenvalue weighted by Gasteiger charge is 2.31. The van der Waals surface area contributed by atoms with Crippen molar-refractivity contribution in [3.8, 4) is 0 Å². The maximum absolute atomic E-state index is 13.7. The monoisotopic (exact) mass is 321 g/mol. The SMILES string of the molecule is CCC1CCC(C2CCC(c3cc(F)c(N)c(F)c3)CC2)CC1. The molecule has 0 spiro atoms. The van der Waals surface area contributed by atoms with Crippen molar-refractivity contribution in [3.63, 3.8) is 0 Å². The lowest BCUT2D eigenvalue weighted by atomic mass is 9.68. The van der Waals surface area contributed by atoms with Gasteiger partial charge >= 0.3 is 0 Å². The normalized spacial score (nSPS) is 32.0. The summed E-state index contributed by atoms with van der Waals surface area (Å²) >= 11 is 0. The minimum atomic E-state index is -0.611. The smallest absolute Gasteiger partial charge is 0.149 e. The third-order valence-electron chi connectivity index (χ3n) is 6.48. The molecule has 128 valence electrons. The van der Waals surface area contributed by atoms with Gasteiger partial charge in [-0.15, -0.1) is 0 Å². The largest absolute Gasteiger partial charge is 0.394 e. The van der Waals surface area contributed by atoms with Crippen LogP contribution in [0.4, 0.5) is 14.5 Å². The van der Waals surface area contributed by atoms with E-state index in [1.165, 1.54) is 57.1 Å². The van der Waals surface area contributed by atoms with Crippen molar-refractivity contribution in [1.29, 1.82) is 0 Å². The van der Waals surface area contributed by atoms with Crippen LogP contribution in [0, 0.1) is 29.4 Å². The van der Waals surface area contributed by atoms with Gasteiger partial charge in [-0.25, -0.2) is 8.78 Å². The predicted molar refractivity (Wildman–Crippen MR) is 91.2 cm³/mol. The number of benzene rings is 1. The molecule has 0 atom stereocenters. The van der Waals surface area contributed by atoms with E-state index in [4.69, 9.17) is 5.73 Å². The first-order valence-electron chi connectivity index (χ1n) is 9.32. The Morgan fingerprint density at radius 1 is 0.870 bits per heavy atom. The average Bonchev–Trinajstić information content (AvgIpc) is 2.59. The molecule has 0 amide bonds. The molecule has 2 aliphatic rings. The Morgan fingerprint density at radius 2 is 1.35 bits per heavy atom. The number of nitrogen functional groups attached to an aromatic ring is 1. The summed E-state index contributed by atoms with van der Waals surface area (Å²) in [4.78, 5) is 0. The van der Waals surface area contributed by atoms with Gasteiger partial charge < -0.3 is 5.73 Å². The second-order valence-electron chi connectivity index (χ2n) is 7.70. The number of anilines is 1. The molecular formula is C20H29F2N. The van der Waals surface area contributed by atoms with Gasteiger partial charge in [0.25, 0.3) is 0 Å². The Kier molecular flexibility index (Phi) is 5.23. The molecule has 3 rings (SSSR count). The van der Waals surface area contributed by atoms with E-state index in [1.54, 1.807) is 0 Å². The molecule has 0 aromatic heterocycles.